The molecule has 96 valence electrons. The lowest BCUT2D eigenvalue weighted by atomic mass is 10.1. The van der Waals surface area contributed by atoms with Crippen molar-refractivity contribution in [2.45, 2.75) is 26.4 Å². The molecule has 1 aliphatic carbocycles. The molecule has 0 saturated heterocycles. The van der Waals surface area contributed by atoms with Crippen molar-refractivity contribution in [1.82, 2.24) is 0 Å². The molecule has 0 heterocycles. The van der Waals surface area contributed by atoms with E-state index in [-0.39, 0.29) is 0 Å². The first kappa shape index (κ1) is 12.4. The van der Waals surface area contributed by atoms with Gasteiger partial charge in [0, 0.05) is 0 Å². The van der Waals surface area contributed by atoms with Crippen LogP contribution in [0.2, 0.25) is 13.1 Å². The number of allylic oxidation sites excluding steroid dienone is 1. The Morgan fingerprint density at radius 3 is 2.21 bits per heavy atom. The van der Waals surface area contributed by atoms with Gasteiger partial charge < -0.3 is 0 Å². The van der Waals surface area contributed by atoms with Crippen molar-refractivity contribution >= 4 is 18.5 Å². The largest absolute Gasteiger partial charge is 0.112 e. The molecule has 0 bridgehead atoms. The highest BCUT2D eigenvalue weighted by Gasteiger charge is 2.34. The fraction of sp³-hybridized carbons (Fsp3) is 0.222. The van der Waals surface area contributed by atoms with Crippen molar-refractivity contribution in [3.63, 3.8) is 0 Å². The van der Waals surface area contributed by atoms with E-state index in [0.29, 0.717) is 0 Å². The maximum Gasteiger partial charge on any atom is 0.112 e. The van der Waals surface area contributed by atoms with Crippen molar-refractivity contribution in [2.24, 2.45) is 0 Å². The van der Waals surface area contributed by atoms with Crippen LogP contribution in [0.5, 0.6) is 0 Å². The van der Waals surface area contributed by atoms with Crippen LogP contribution in [-0.4, -0.2) is 8.07 Å². The van der Waals surface area contributed by atoms with Crippen LogP contribution in [-0.2, 0) is 6.42 Å². The highest BCUT2D eigenvalue weighted by molar-refractivity contribution is 7.04. The summed E-state index contributed by atoms with van der Waals surface area (Å²) >= 11 is 0. The van der Waals surface area contributed by atoms with Gasteiger partial charge >= 0.3 is 0 Å². The quantitative estimate of drug-likeness (QED) is 0.714. The second-order valence-electron chi connectivity index (χ2n) is 5.98. The molecule has 0 amide bonds. The first-order valence-electron chi connectivity index (χ1n) is 6.95. The van der Waals surface area contributed by atoms with Gasteiger partial charge in [-0.1, -0.05) is 78.5 Å². The van der Waals surface area contributed by atoms with E-state index in [2.05, 4.69) is 74.6 Å². The summed E-state index contributed by atoms with van der Waals surface area (Å²) in [5, 5.41) is 3.18. The molecule has 0 unspecified atom stereocenters. The standard InChI is InChI=1S/C18H20Si/c1-14-13-15-9-7-8-12-17(15)18(14)19(2,3)16-10-5-4-6-11-16/h4-12H,13H2,1-3H3. The number of rotatable bonds is 2. The summed E-state index contributed by atoms with van der Waals surface area (Å²) in [6.45, 7) is 7.26. The second-order valence-corrected chi connectivity index (χ2v) is 10.3. The summed E-state index contributed by atoms with van der Waals surface area (Å²) < 4.78 is 0. The molecule has 1 heteroatoms. The summed E-state index contributed by atoms with van der Waals surface area (Å²) in [6.07, 6.45) is 1.13. The molecule has 19 heavy (non-hydrogen) atoms. The van der Waals surface area contributed by atoms with Gasteiger partial charge in [0.25, 0.3) is 0 Å². The lowest BCUT2D eigenvalue weighted by molar-refractivity contribution is 1.19. The first-order valence-corrected chi connectivity index (χ1v) is 9.95. The van der Waals surface area contributed by atoms with Gasteiger partial charge in [-0.15, -0.1) is 0 Å². The molecule has 0 radical (unpaired) electrons. The molecule has 0 spiro atoms. The van der Waals surface area contributed by atoms with Gasteiger partial charge in [0.2, 0.25) is 0 Å². The smallest absolute Gasteiger partial charge is 0.0686 e. The number of fused-ring (bicyclic) bond motifs is 1. The Labute approximate surface area is 116 Å². The molecule has 2 aromatic carbocycles. The molecular weight excluding hydrogens is 244 g/mol. The zero-order chi connectivity index (χ0) is 13.5. The van der Waals surface area contributed by atoms with Crippen molar-refractivity contribution in [1.29, 1.82) is 0 Å². The Kier molecular flexibility index (Phi) is 2.94. The average Bonchev–Trinajstić information content (AvgIpc) is 2.76. The fourth-order valence-electron chi connectivity index (χ4n) is 3.39. The van der Waals surface area contributed by atoms with Gasteiger partial charge in [-0.25, -0.2) is 0 Å². The third-order valence-electron chi connectivity index (χ3n) is 4.29. The van der Waals surface area contributed by atoms with E-state index < -0.39 is 8.07 Å². The van der Waals surface area contributed by atoms with Gasteiger partial charge in [-0.2, -0.15) is 0 Å². The van der Waals surface area contributed by atoms with Crippen LogP contribution in [0.3, 0.4) is 0 Å². The molecule has 0 atom stereocenters. The lowest BCUT2D eigenvalue weighted by Gasteiger charge is -2.27. The van der Waals surface area contributed by atoms with Crippen LogP contribution >= 0.6 is 0 Å². The van der Waals surface area contributed by atoms with E-state index >= 15 is 0 Å². The Morgan fingerprint density at radius 2 is 1.47 bits per heavy atom. The normalized spacial score (nSPS) is 14.7. The first-order chi connectivity index (χ1) is 9.10. The van der Waals surface area contributed by atoms with Gasteiger partial charge in [-0.05, 0) is 29.7 Å². The van der Waals surface area contributed by atoms with E-state index in [4.69, 9.17) is 0 Å². The Hall–Kier alpha value is -1.60. The molecule has 0 saturated carbocycles. The second kappa shape index (κ2) is 4.50. The van der Waals surface area contributed by atoms with Crippen molar-refractivity contribution in [3.05, 3.63) is 71.3 Å². The molecule has 0 fully saturated rings. The monoisotopic (exact) mass is 264 g/mol. The minimum absolute atomic E-state index is 1.13. The van der Waals surface area contributed by atoms with Gasteiger partial charge in [-0.3, -0.25) is 0 Å². The Morgan fingerprint density at radius 1 is 0.842 bits per heavy atom. The highest BCUT2D eigenvalue weighted by atomic mass is 28.3. The Balaban J connectivity index is 2.14. The predicted molar refractivity (Wildman–Crippen MR) is 86.3 cm³/mol. The number of benzene rings is 2. The van der Waals surface area contributed by atoms with Crippen molar-refractivity contribution in [3.8, 4) is 0 Å². The van der Waals surface area contributed by atoms with E-state index in [0.717, 1.165) is 6.42 Å². The van der Waals surface area contributed by atoms with Crippen LogP contribution in [0, 0.1) is 0 Å². The van der Waals surface area contributed by atoms with E-state index in [1.807, 2.05) is 0 Å². The zero-order valence-corrected chi connectivity index (χ0v) is 12.9. The molecular formula is C18H20Si. The lowest BCUT2D eigenvalue weighted by Crippen LogP contribution is -2.43. The molecule has 0 aliphatic heterocycles. The number of hydrogen-bond acceptors (Lipinski definition) is 0. The fourth-order valence-corrected chi connectivity index (χ4v) is 6.78. The third kappa shape index (κ3) is 1.98. The van der Waals surface area contributed by atoms with Crippen LogP contribution in [0.15, 0.2) is 60.2 Å². The van der Waals surface area contributed by atoms with Crippen LogP contribution in [0.1, 0.15) is 18.1 Å². The van der Waals surface area contributed by atoms with Gasteiger partial charge in [0.1, 0.15) is 8.07 Å². The van der Waals surface area contributed by atoms with Crippen LogP contribution < -0.4 is 5.19 Å². The summed E-state index contributed by atoms with van der Waals surface area (Å²) in [6, 6.07) is 20.0. The van der Waals surface area contributed by atoms with Crippen LogP contribution in [0.25, 0.3) is 5.20 Å². The predicted octanol–water partition coefficient (Wildman–Crippen LogP) is 4.17. The average molecular weight is 264 g/mol. The van der Waals surface area contributed by atoms with E-state index in [1.54, 1.807) is 10.8 Å². The topological polar surface area (TPSA) is 0 Å². The maximum absolute atomic E-state index is 2.48. The molecule has 0 N–H and O–H groups in total. The van der Waals surface area contributed by atoms with Crippen LogP contribution in [0.4, 0.5) is 0 Å². The molecule has 2 aromatic rings. The minimum atomic E-state index is -1.58. The van der Waals surface area contributed by atoms with Gasteiger partial charge in [0.15, 0.2) is 0 Å². The molecule has 1 aliphatic rings. The molecule has 0 nitrogen and oxygen atoms in total. The number of hydrogen-bond donors (Lipinski definition) is 0. The maximum atomic E-state index is 2.48. The summed E-state index contributed by atoms with van der Waals surface area (Å²) in [5.74, 6) is 0. The van der Waals surface area contributed by atoms with E-state index in [9.17, 15) is 0 Å². The summed E-state index contributed by atoms with van der Waals surface area (Å²) in [4.78, 5) is 0. The van der Waals surface area contributed by atoms with E-state index in [1.165, 1.54) is 16.3 Å². The van der Waals surface area contributed by atoms with Crippen molar-refractivity contribution in [2.75, 3.05) is 0 Å². The third-order valence-corrected chi connectivity index (χ3v) is 8.01. The zero-order valence-electron chi connectivity index (χ0n) is 11.9. The highest BCUT2D eigenvalue weighted by Crippen LogP contribution is 2.38. The molecule has 3 rings (SSSR count). The molecule has 0 aromatic heterocycles. The van der Waals surface area contributed by atoms with Gasteiger partial charge in [0.05, 0.1) is 0 Å². The SMILES string of the molecule is CC1=C([Si](C)(C)c2ccccc2)c2ccccc2C1. The minimum Gasteiger partial charge on any atom is -0.0686 e. The van der Waals surface area contributed by atoms with Crippen molar-refractivity contribution < 1.29 is 0 Å². The summed E-state index contributed by atoms with van der Waals surface area (Å²) in [7, 11) is -1.58. The summed E-state index contributed by atoms with van der Waals surface area (Å²) in [5.41, 5.74) is 4.58. The Bertz CT molecular complexity index is 636.